The van der Waals surface area contributed by atoms with Crippen molar-refractivity contribution in [2.45, 2.75) is 18.8 Å². The summed E-state index contributed by atoms with van der Waals surface area (Å²) in [5.74, 6) is 1.72. The Balaban J connectivity index is 2.45. The molecule has 1 atom stereocenters. The maximum Gasteiger partial charge on any atom is 0.171 e. The van der Waals surface area contributed by atoms with Crippen molar-refractivity contribution in [3.63, 3.8) is 0 Å². The van der Waals surface area contributed by atoms with Crippen LogP contribution >= 0.6 is 27.7 Å². The number of hydrogen-bond acceptors (Lipinski definition) is 5. The highest BCUT2D eigenvalue weighted by Gasteiger charge is 2.33. The van der Waals surface area contributed by atoms with Crippen LogP contribution in [0.2, 0.25) is 0 Å². The molecule has 1 aliphatic heterocycles. The Morgan fingerprint density at radius 2 is 2.25 bits per heavy atom. The summed E-state index contributed by atoms with van der Waals surface area (Å²) in [4.78, 5) is 2.00. The minimum absolute atomic E-state index is 0.167. The van der Waals surface area contributed by atoms with E-state index in [1.807, 2.05) is 23.1 Å². The lowest BCUT2D eigenvalue weighted by atomic mass is 10.1. The molecule has 0 radical (unpaired) electrons. The zero-order valence-corrected chi connectivity index (χ0v) is 14.6. The van der Waals surface area contributed by atoms with Crippen molar-refractivity contribution in [3.05, 3.63) is 28.2 Å². The number of hydrogen-bond donors (Lipinski definition) is 1. The number of rotatable bonds is 4. The fraction of sp³-hybridized carbons (Fsp3) is 0.538. The van der Waals surface area contributed by atoms with Crippen molar-refractivity contribution in [2.75, 3.05) is 28.7 Å². The van der Waals surface area contributed by atoms with Gasteiger partial charge in [0.2, 0.25) is 0 Å². The molecule has 1 aromatic rings. The Labute approximate surface area is 133 Å². The fourth-order valence-electron chi connectivity index (χ4n) is 2.32. The minimum atomic E-state index is -3.11. The molecule has 1 unspecified atom stereocenters. The molecule has 0 aromatic heterocycles. The number of sulfone groups is 1. The topological polar surface area (TPSA) is 63.4 Å². The van der Waals surface area contributed by atoms with E-state index in [0.717, 1.165) is 28.0 Å². The molecule has 1 aliphatic rings. The van der Waals surface area contributed by atoms with Crippen LogP contribution in [0.3, 0.4) is 0 Å². The molecule has 7 heteroatoms. The molecule has 0 bridgehead atoms. The van der Waals surface area contributed by atoms with Crippen LogP contribution in [0, 0.1) is 0 Å². The van der Waals surface area contributed by atoms with E-state index in [-0.39, 0.29) is 5.75 Å². The average Bonchev–Trinajstić information content (AvgIpc) is 2.47. The van der Waals surface area contributed by atoms with Crippen LogP contribution in [-0.2, 0) is 16.4 Å². The van der Waals surface area contributed by atoms with Gasteiger partial charge in [-0.1, -0.05) is 28.9 Å². The van der Waals surface area contributed by atoms with E-state index in [0.29, 0.717) is 12.3 Å². The lowest BCUT2D eigenvalue weighted by molar-refractivity contribution is 0.579. The highest BCUT2D eigenvalue weighted by Crippen LogP contribution is 2.32. The molecular formula is C13H19BrN2O2S2. The second kappa shape index (κ2) is 6.68. The van der Waals surface area contributed by atoms with Gasteiger partial charge in [-0.25, -0.2) is 8.42 Å². The van der Waals surface area contributed by atoms with Crippen molar-refractivity contribution in [3.8, 4) is 0 Å². The predicted octanol–water partition coefficient (Wildman–Crippen LogP) is 2.22. The first-order chi connectivity index (χ1) is 9.49. The molecule has 0 saturated carbocycles. The lowest BCUT2D eigenvalue weighted by Crippen LogP contribution is -2.48. The largest absolute Gasteiger partial charge is 0.353 e. The molecular weight excluding hydrogens is 360 g/mol. The third-order valence-electron chi connectivity index (χ3n) is 3.48. The maximum atomic E-state index is 12.3. The van der Waals surface area contributed by atoms with Gasteiger partial charge in [0.15, 0.2) is 9.84 Å². The summed E-state index contributed by atoms with van der Waals surface area (Å²) < 4.78 is 25.6. The number of benzene rings is 1. The minimum Gasteiger partial charge on any atom is -0.353 e. The zero-order valence-electron chi connectivity index (χ0n) is 11.4. The van der Waals surface area contributed by atoms with E-state index in [9.17, 15) is 8.42 Å². The average molecular weight is 379 g/mol. The van der Waals surface area contributed by atoms with E-state index >= 15 is 0 Å². The summed E-state index contributed by atoms with van der Waals surface area (Å²) in [6, 6.07) is 5.86. The van der Waals surface area contributed by atoms with Crippen molar-refractivity contribution in [1.82, 2.24) is 0 Å². The fourth-order valence-corrected chi connectivity index (χ4v) is 5.66. The molecule has 1 fully saturated rings. The Bertz CT molecular complexity index is 578. The zero-order chi connectivity index (χ0) is 14.8. The molecule has 1 aromatic carbocycles. The van der Waals surface area contributed by atoms with E-state index in [1.165, 1.54) is 0 Å². The predicted molar refractivity (Wildman–Crippen MR) is 90.0 cm³/mol. The smallest absolute Gasteiger partial charge is 0.171 e. The standard InChI is InChI=1S/C13H19BrN2O2S2/c1-2-20(17,18)13-9-19-6-5-16(13)12-7-11(14)4-3-10(12)8-15/h3-4,7,13H,2,5-6,8-9,15H2,1H3. The summed E-state index contributed by atoms with van der Waals surface area (Å²) in [5.41, 5.74) is 7.71. The van der Waals surface area contributed by atoms with E-state index in [1.54, 1.807) is 18.7 Å². The van der Waals surface area contributed by atoms with Crippen LogP contribution in [0.25, 0.3) is 0 Å². The first-order valence-corrected chi connectivity index (χ1v) is 10.2. The van der Waals surface area contributed by atoms with Gasteiger partial charge in [-0.3, -0.25) is 0 Å². The van der Waals surface area contributed by atoms with Gasteiger partial charge in [0, 0.05) is 40.5 Å². The summed E-state index contributed by atoms with van der Waals surface area (Å²) in [6.07, 6.45) is 0. The molecule has 1 saturated heterocycles. The number of anilines is 1. The highest BCUT2D eigenvalue weighted by atomic mass is 79.9. The third kappa shape index (κ3) is 3.32. The second-order valence-corrected chi connectivity index (χ2v) is 9.16. The van der Waals surface area contributed by atoms with Gasteiger partial charge in [0.05, 0.1) is 0 Å². The van der Waals surface area contributed by atoms with Crippen molar-refractivity contribution >= 4 is 43.2 Å². The van der Waals surface area contributed by atoms with Gasteiger partial charge in [0.25, 0.3) is 0 Å². The van der Waals surface area contributed by atoms with E-state index in [2.05, 4.69) is 15.9 Å². The number of halogens is 1. The summed E-state index contributed by atoms with van der Waals surface area (Å²) in [6.45, 7) is 2.85. The molecule has 20 heavy (non-hydrogen) atoms. The van der Waals surface area contributed by atoms with Crippen LogP contribution in [0.15, 0.2) is 22.7 Å². The molecule has 2 N–H and O–H groups in total. The molecule has 112 valence electrons. The van der Waals surface area contributed by atoms with Gasteiger partial charge < -0.3 is 10.6 Å². The summed E-state index contributed by atoms with van der Waals surface area (Å²) in [5, 5.41) is -0.453. The quantitative estimate of drug-likeness (QED) is 0.869. The van der Waals surface area contributed by atoms with Gasteiger partial charge in [-0.15, -0.1) is 0 Å². The van der Waals surface area contributed by atoms with Gasteiger partial charge in [-0.05, 0) is 17.7 Å². The number of thioether (sulfide) groups is 1. The van der Waals surface area contributed by atoms with Crippen molar-refractivity contribution < 1.29 is 8.42 Å². The molecule has 0 spiro atoms. The monoisotopic (exact) mass is 378 g/mol. The van der Waals surface area contributed by atoms with Crippen LogP contribution in [-0.4, -0.2) is 37.6 Å². The summed E-state index contributed by atoms with van der Waals surface area (Å²) >= 11 is 5.15. The van der Waals surface area contributed by atoms with Crippen molar-refractivity contribution in [2.24, 2.45) is 5.73 Å². The van der Waals surface area contributed by atoms with Crippen LogP contribution < -0.4 is 10.6 Å². The van der Waals surface area contributed by atoms with Crippen LogP contribution in [0.5, 0.6) is 0 Å². The van der Waals surface area contributed by atoms with Crippen LogP contribution in [0.1, 0.15) is 12.5 Å². The van der Waals surface area contributed by atoms with E-state index in [4.69, 9.17) is 5.73 Å². The molecule has 4 nitrogen and oxygen atoms in total. The number of nitrogens with zero attached hydrogens (tertiary/aromatic N) is 1. The highest BCUT2D eigenvalue weighted by molar-refractivity contribution is 9.10. The molecule has 0 aliphatic carbocycles. The van der Waals surface area contributed by atoms with Crippen molar-refractivity contribution in [1.29, 1.82) is 0 Å². The van der Waals surface area contributed by atoms with Gasteiger partial charge in [-0.2, -0.15) is 11.8 Å². The maximum absolute atomic E-state index is 12.3. The molecule has 1 heterocycles. The normalized spacial score (nSPS) is 20.1. The Morgan fingerprint density at radius 1 is 1.50 bits per heavy atom. The second-order valence-electron chi connectivity index (χ2n) is 4.65. The summed E-state index contributed by atoms with van der Waals surface area (Å²) in [7, 11) is -3.11. The lowest BCUT2D eigenvalue weighted by Gasteiger charge is -2.37. The molecule has 2 rings (SSSR count). The Hall–Kier alpha value is -0.240. The Morgan fingerprint density at radius 3 is 2.90 bits per heavy atom. The van der Waals surface area contributed by atoms with Crippen LogP contribution in [0.4, 0.5) is 5.69 Å². The van der Waals surface area contributed by atoms with E-state index < -0.39 is 15.2 Å². The third-order valence-corrected chi connectivity index (χ3v) is 7.26. The van der Waals surface area contributed by atoms with Gasteiger partial charge >= 0.3 is 0 Å². The van der Waals surface area contributed by atoms with Gasteiger partial charge in [0.1, 0.15) is 5.37 Å². The first-order valence-electron chi connectivity index (χ1n) is 6.54. The Kier molecular flexibility index (Phi) is 5.39. The first kappa shape index (κ1) is 16.1. The SMILES string of the molecule is CCS(=O)(=O)C1CSCCN1c1cc(Br)ccc1CN. The molecule has 0 amide bonds. The number of nitrogens with two attached hydrogens (primary N) is 1.